The van der Waals surface area contributed by atoms with Crippen molar-refractivity contribution < 1.29 is 9.26 Å². The van der Waals surface area contributed by atoms with Gasteiger partial charge in [0.15, 0.2) is 0 Å². The standard InChI is InChI=1S/C20H20ClN5O3/c1-10-6-13(10)19-23-18(24-29-19)16-17-20(27)26(11(2)8-28-3)15-7-12(21)4-5-14(15)25(17)9-22-16/h4-5,7,9-11,13H,6,8H2,1-3H3. The fourth-order valence-corrected chi connectivity index (χ4v) is 4.08. The van der Waals surface area contributed by atoms with Gasteiger partial charge in [-0.15, -0.1) is 0 Å². The van der Waals surface area contributed by atoms with E-state index in [-0.39, 0.29) is 11.6 Å². The summed E-state index contributed by atoms with van der Waals surface area (Å²) >= 11 is 6.22. The Bertz CT molecular complexity index is 1290. The van der Waals surface area contributed by atoms with Crippen LogP contribution in [0.15, 0.2) is 33.8 Å². The molecule has 3 aromatic heterocycles. The molecule has 5 rings (SSSR count). The van der Waals surface area contributed by atoms with Crippen molar-refractivity contribution in [2.24, 2.45) is 5.92 Å². The van der Waals surface area contributed by atoms with Gasteiger partial charge < -0.3 is 9.26 Å². The Labute approximate surface area is 171 Å². The topological polar surface area (TPSA) is 87.5 Å². The molecule has 8 nitrogen and oxygen atoms in total. The number of ether oxygens (including phenoxy) is 1. The molecule has 0 amide bonds. The third-order valence-electron chi connectivity index (χ3n) is 5.57. The van der Waals surface area contributed by atoms with Gasteiger partial charge in [0, 0.05) is 18.1 Å². The van der Waals surface area contributed by atoms with Crippen LogP contribution in [0.3, 0.4) is 0 Å². The highest BCUT2D eigenvalue weighted by atomic mass is 35.5. The van der Waals surface area contributed by atoms with Crippen molar-refractivity contribution in [1.29, 1.82) is 0 Å². The van der Waals surface area contributed by atoms with Crippen LogP contribution in [-0.2, 0) is 4.74 Å². The lowest BCUT2D eigenvalue weighted by atomic mass is 10.2. The molecule has 1 aliphatic carbocycles. The number of imidazole rings is 1. The van der Waals surface area contributed by atoms with E-state index >= 15 is 0 Å². The molecule has 3 unspecified atom stereocenters. The number of rotatable bonds is 5. The van der Waals surface area contributed by atoms with Gasteiger partial charge in [-0.05, 0) is 37.5 Å². The first-order valence-electron chi connectivity index (χ1n) is 9.53. The van der Waals surface area contributed by atoms with Gasteiger partial charge in [-0.2, -0.15) is 4.98 Å². The largest absolute Gasteiger partial charge is 0.383 e. The molecule has 1 aromatic carbocycles. The van der Waals surface area contributed by atoms with Crippen molar-refractivity contribution >= 4 is 28.2 Å². The van der Waals surface area contributed by atoms with E-state index in [0.717, 1.165) is 11.9 Å². The molecule has 150 valence electrons. The molecule has 3 heterocycles. The fourth-order valence-electron chi connectivity index (χ4n) is 3.92. The van der Waals surface area contributed by atoms with E-state index in [1.807, 2.05) is 13.0 Å². The highest BCUT2D eigenvalue weighted by Crippen LogP contribution is 2.46. The first-order chi connectivity index (χ1) is 14.0. The van der Waals surface area contributed by atoms with Crippen LogP contribution >= 0.6 is 11.6 Å². The third kappa shape index (κ3) is 2.86. The maximum absolute atomic E-state index is 13.5. The van der Waals surface area contributed by atoms with E-state index in [9.17, 15) is 4.79 Å². The number of nitrogens with zero attached hydrogens (tertiary/aromatic N) is 5. The SMILES string of the molecule is COCC(C)n1c(=O)c2c(-c3noc(C4CC4C)n3)ncn2c2ccc(Cl)cc21. The van der Waals surface area contributed by atoms with Crippen molar-refractivity contribution in [3.8, 4) is 11.5 Å². The van der Waals surface area contributed by atoms with Gasteiger partial charge in [0.25, 0.3) is 5.56 Å². The molecule has 3 atom stereocenters. The van der Waals surface area contributed by atoms with Gasteiger partial charge in [0.1, 0.15) is 17.5 Å². The molecule has 0 bridgehead atoms. The summed E-state index contributed by atoms with van der Waals surface area (Å²) in [6.07, 6.45) is 2.65. The zero-order chi connectivity index (χ0) is 20.3. The highest BCUT2D eigenvalue weighted by Gasteiger charge is 2.39. The van der Waals surface area contributed by atoms with Gasteiger partial charge in [-0.3, -0.25) is 13.8 Å². The Hall–Kier alpha value is -2.71. The molecule has 0 spiro atoms. The minimum Gasteiger partial charge on any atom is -0.383 e. The number of fused-ring (bicyclic) bond motifs is 3. The van der Waals surface area contributed by atoms with E-state index in [1.165, 1.54) is 0 Å². The Balaban J connectivity index is 1.78. The maximum atomic E-state index is 13.5. The second-order valence-corrected chi connectivity index (χ2v) is 8.14. The van der Waals surface area contributed by atoms with Crippen LogP contribution in [0, 0.1) is 5.92 Å². The van der Waals surface area contributed by atoms with E-state index in [0.29, 0.717) is 51.9 Å². The average Bonchev–Trinajstić information content (AvgIpc) is 3.10. The highest BCUT2D eigenvalue weighted by molar-refractivity contribution is 6.31. The number of aromatic nitrogens is 5. The van der Waals surface area contributed by atoms with Crippen LogP contribution in [-0.4, -0.2) is 37.8 Å². The maximum Gasteiger partial charge on any atom is 0.278 e. The van der Waals surface area contributed by atoms with Gasteiger partial charge in [0.2, 0.25) is 11.7 Å². The summed E-state index contributed by atoms with van der Waals surface area (Å²) in [7, 11) is 1.61. The summed E-state index contributed by atoms with van der Waals surface area (Å²) < 4.78 is 14.2. The van der Waals surface area contributed by atoms with Crippen molar-refractivity contribution in [3.05, 3.63) is 45.8 Å². The average molecular weight is 414 g/mol. The molecule has 9 heteroatoms. The second-order valence-electron chi connectivity index (χ2n) is 7.70. The fraction of sp³-hybridized carbons (Fsp3) is 0.400. The molecular formula is C20H20ClN5O3. The summed E-state index contributed by atoms with van der Waals surface area (Å²) in [5, 5.41) is 4.65. The van der Waals surface area contributed by atoms with Gasteiger partial charge in [0.05, 0.1) is 23.7 Å². The van der Waals surface area contributed by atoms with Crippen LogP contribution in [0.4, 0.5) is 0 Å². The molecule has 1 fully saturated rings. The predicted octanol–water partition coefficient (Wildman–Crippen LogP) is 3.68. The van der Waals surface area contributed by atoms with Crippen LogP contribution in [0.25, 0.3) is 28.1 Å². The van der Waals surface area contributed by atoms with E-state index in [2.05, 4.69) is 22.0 Å². The number of halogens is 1. The lowest BCUT2D eigenvalue weighted by Crippen LogP contribution is -2.28. The molecular weight excluding hydrogens is 394 g/mol. The van der Waals surface area contributed by atoms with Gasteiger partial charge in [-0.1, -0.05) is 23.7 Å². The minimum atomic E-state index is -0.206. The Kier molecular flexibility index (Phi) is 4.22. The quantitative estimate of drug-likeness (QED) is 0.496. The number of hydrogen-bond acceptors (Lipinski definition) is 6. The normalized spacial score (nSPS) is 19.9. The van der Waals surface area contributed by atoms with E-state index < -0.39 is 0 Å². The third-order valence-corrected chi connectivity index (χ3v) is 5.81. The van der Waals surface area contributed by atoms with Crippen LogP contribution in [0.5, 0.6) is 0 Å². The molecule has 0 radical (unpaired) electrons. The summed E-state index contributed by atoms with van der Waals surface area (Å²) in [5.74, 6) is 1.78. The van der Waals surface area contributed by atoms with Crippen LogP contribution < -0.4 is 5.56 Å². The lowest BCUT2D eigenvalue weighted by Gasteiger charge is -2.18. The smallest absolute Gasteiger partial charge is 0.278 e. The zero-order valence-electron chi connectivity index (χ0n) is 16.3. The zero-order valence-corrected chi connectivity index (χ0v) is 17.1. The lowest BCUT2D eigenvalue weighted by molar-refractivity contribution is 0.162. The number of benzene rings is 1. The van der Waals surface area contributed by atoms with Crippen LogP contribution in [0.1, 0.15) is 38.1 Å². The number of hydrogen-bond donors (Lipinski definition) is 0. The van der Waals surface area contributed by atoms with E-state index in [1.54, 1.807) is 34.5 Å². The molecule has 0 saturated heterocycles. The first kappa shape index (κ1) is 18.3. The molecule has 29 heavy (non-hydrogen) atoms. The first-order valence-corrected chi connectivity index (χ1v) is 9.91. The molecule has 1 saturated carbocycles. The van der Waals surface area contributed by atoms with Crippen molar-refractivity contribution in [1.82, 2.24) is 24.1 Å². The van der Waals surface area contributed by atoms with Gasteiger partial charge >= 0.3 is 0 Å². The summed E-state index contributed by atoms with van der Waals surface area (Å²) in [6, 6.07) is 5.25. The van der Waals surface area contributed by atoms with Crippen molar-refractivity contribution in [2.75, 3.05) is 13.7 Å². The summed E-state index contributed by atoms with van der Waals surface area (Å²) in [4.78, 5) is 22.5. The molecule has 1 aliphatic rings. The summed E-state index contributed by atoms with van der Waals surface area (Å²) in [5.41, 5.74) is 2.13. The Morgan fingerprint density at radius 1 is 1.38 bits per heavy atom. The predicted molar refractivity (Wildman–Crippen MR) is 108 cm³/mol. The Morgan fingerprint density at radius 3 is 2.90 bits per heavy atom. The Morgan fingerprint density at radius 2 is 2.17 bits per heavy atom. The summed E-state index contributed by atoms with van der Waals surface area (Å²) in [6.45, 7) is 4.46. The molecule has 0 aliphatic heterocycles. The second kappa shape index (κ2) is 6.67. The van der Waals surface area contributed by atoms with Gasteiger partial charge in [-0.25, -0.2) is 4.98 Å². The molecule has 0 N–H and O–H groups in total. The van der Waals surface area contributed by atoms with E-state index in [4.69, 9.17) is 20.9 Å². The monoisotopic (exact) mass is 413 g/mol. The minimum absolute atomic E-state index is 0.200. The van der Waals surface area contributed by atoms with Crippen LogP contribution in [0.2, 0.25) is 5.02 Å². The number of methoxy groups -OCH3 is 1. The van der Waals surface area contributed by atoms with Crippen molar-refractivity contribution in [3.63, 3.8) is 0 Å². The van der Waals surface area contributed by atoms with Crippen molar-refractivity contribution in [2.45, 2.75) is 32.2 Å². The molecule has 4 aromatic rings.